The van der Waals surface area contributed by atoms with Crippen LogP contribution in [-0.2, 0) is 22.7 Å². The molecule has 0 saturated carbocycles. The van der Waals surface area contributed by atoms with Crippen LogP contribution >= 0.6 is 0 Å². The summed E-state index contributed by atoms with van der Waals surface area (Å²) in [5.41, 5.74) is 2.91. The topological polar surface area (TPSA) is 89.2 Å². The van der Waals surface area contributed by atoms with Crippen molar-refractivity contribution < 1.29 is 28.6 Å². The minimum Gasteiger partial charge on any atom is -0.507 e. The maximum Gasteiger partial charge on any atom is 0.296 e. The van der Waals surface area contributed by atoms with Crippen LogP contribution in [0.1, 0.15) is 34.1 Å². The highest BCUT2D eigenvalue weighted by atomic mass is 16.5. The molecule has 7 nitrogen and oxygen atoms in total. The third-order valence-electron chi connectivity index (χ3n) is 6.57. The van der Waals surface area contributed by atoms with Crippen LogP contribution < -0.4 is 9.47 Å². The number of methoxy groups -OCH3 is 1. The first-order chi connectivity index (χ1) is 18.5. The number of furan rings is 1. The lowest BCUT2D eigenvalue weighted by Crippen LogP contribution is -2.29. The number of carbonyl (C=O) groups is 2. The van der Waals surface area contributed by atoms with Crippen molar-refractivity contribution in [1.82, 2.24) is 4.90 Å². The first kappa shape index (κ1) is 24.9. The zero-order valence-electron chi connectivity index (χ0n) is 21.1. The highest BCUT2D eigenvalue weighted by Gasteiger charge is 2.47. The van der Waals surface area contributed by atoms with E-state index in [9.17, 15) is 14.7 Å². The second kappa shape index (κ2) is 10.7. The Balaban J connectivity index is 1.49. The lowest BCUT2D eigenvalue weighted by molar-refractivity contribution is -0.140. The van der Waals surface area contributed by atoms with E-state index in [0.717, 1.165) is 16.7 Å². The normalized spacial score (nSPS) is 16.6. The van der Waals surface area contributed by atoms with Crippen LogP contribution in [0.25, 0.3) is 5.76 Å². The number of benzene rings is 3. The molecule has 7 heteroatoms. The molecule has 1 aliphatic heterocycles. The van der Waals surface area contributed by atoms with Crippen molar-refractivity contribution in [2.75, 3.05) is 7.11 Å². The van der Waals surface area contributed by atoms with Gasteiger partial charge in [0.05, 0.1) is 25.5 Å². The van der Waals surface area contributed by atoms with Crippen LogP contribution in [0.15, 0.2) is 101 Å². The fourth-order valence-corrected chi connectivity index (χ4v) is 4.65. The third kappa shape index (κ3) is 4.78. The minimum atomic E-state index is -0.899. The Hall–Kier alpha value is -4.78. The highest BCUT2D eigenvalue weighted by Crippen LogP contribution is 2.41. The molecule has 5 rings (SSSR count). The molecule has 1 amide bonds. The predicted octanol–water partition coefficient (Wildman–Crippen LogP) is 5.80. The van der Waals surface area contributed by atoms with E-state index in [4.69, 9.17) is 13.9 Å². The van der Waals surface area contributed by atoms with E-state index in [1.165, 1.54) is 11.2 Å². The second-order valence-electron chi connectivity index (χ2n) is 9.01. The fraction of sp³-hybridized carbons (Fsp3) is 0.161. The average Bonchev–Trinajstić information content (AvgIpc) is 3.56. The fourth-order valence-electron chi connectivity index (χ4n) is 4.65. The number of nitrogens with zero attached hydrogens (tertiary/aromatic N) is 1. The van der Waals surface area contributed by atoms with Crippen molar-refractivity contribution in [1.29, 1.82) is 0 Å². The minimum absolute atomic E-state index is 0.0304. The quantitative estimate of drug-likeness (QED) is 0.184. The number of rotatable bonds is 8. The van der Waals surface area contributed by atoms with Gasteiger partial charge < -0.3 is 23.9 Å². The molecule has 4 aromatic rings. The van der Waals surface area contributed by atoms with Gasteiger partial charge in [-0.15, -0.1) is 0 Å². The van der Waals surface area contributed by atoms with E-state index < -0.39 is 17.7 Å². The molecular formula is C31H27NO6. The van der Waals surface area contributed by atoms with Gasteiger partial charge in [0, 0.05) is 11.1 Å². The summed E-state index contributed by atoms with van der Waals surface area (Å²) in [6, 6.07) is 24.7. The number of aliphatic hydroxyl groups excluding tert-OH is 1. The molecule has 192 valence electrons. The number of Topliss-reactive ketones (excluding diaryl/α,β-unsaturated/α-hetero) is 1. The second-order valence-corrected chi connectivity index (χ2v) is 9.01. The van der Waals surface area contributed by atoms with E-state index in [-0.39, 0.29) is 17.9 Å². The monoisotopic (exact) mass is 509 g/mol. The molecule has 1 saturated heterocycles. The van der Waals surface area contributed by atoms with Gasteiger partial charge in [0.2, 0.25) is 0 Å². The number of aryl methyl sites for hydroxylation is 1. The Bertz CT molecular complexity index is 1490. The summed E-state index contributed by atoms with van der Waals surface area (Å²) in [5.74, 6) is -0.150. The van der Waals surface area contributed by atoms with Gasteiger partial charge in [0.15, 0.2) is 0 Å². The molecule has 1 aliphatic rings. The third-order valence-corrected chi connectivity index (χ3v) is 6.57. The molecule has 3 aromatic carbocycles. The van der Waals surface area contributed by atoms with Crippen LogP contribution in [0.2, 0.25) is 0 Å². The predicted molar refractivity (Wildman–Crippen MR) is 142 cm³/mol. The van der Waals surface area contributed by atoms with Gasteiger partial charge in [-0.3, -0.25) is 9.59 Å². The molecule has 1 aromatic heterocycles. The lowest BCUT2D eigenvalue weighted by Gasteiger charge is -2.24. The van der Waals surface area contributed by atoms with E-state index in [0.29, 0.717) is 29.4 Å². The molecule has 0 bridgehead atoms. The molecule has 1 fully saturated rings. The maximum atomic E-state index is 13.3. The summed E-state index contributed by atoms with van der Waals surface area (Å²) in [4.78, 5) is 27.9. The number of likely N-dealkylation sites (tertiary alicyclic amines) is 1. The molecule has 38 heavy (non-hydrogen) atoms. The molecular weight excluding hydrogens is 482 g/mol. The van der Waals surface area contributed by atoms with Crippen molar-refractivity contribution in [2.24, 2.45) is 0 Å². The highest BCUT2D eigenvalue weighted by molar-refractivity contribution is 6.46. The zero-order chi connectivity index (χ0) is 26.6. The van der Waals surface area contributed by atoms with Crippen molar-refractivity contribution >= 4 is 17.4 Å². The van der Waals surface area contributed by atoms with Crippen molar-refractivity contribution in [3.05, 3.63) is 125 Å². The van der Waals surface area contributed by atoms with E-state index in [1.807, 2.05) is 55.5 Å². The number of hydrogen-bond acceptors (Lipinski definition) is 6. The Morgan fingerprint density at radius 1 is 0.947 bits per heavy atom. The lowest BCUT2D eigenvalue weighted by atomic mass is 9.98. The first-order valence-electron chi connectivity index (χ1n) is 12.2. The van der Waals surface area contributed by atoms with Gasteiger partial charge in [-0.1, -0.05) is 48.5 Å². The number of aliphatic hydroxyl groups is 1. The van der Waals surface area contributed by atoms with Gasteiger partial charge >= 0.3 is 0 Å². The number of para-hydroxylation sites is 1. The SMILES string of the molecule is COc1ccccc1CN1C(=O)C(=O)/C(=C(\O)c2ccc(OCc3ccccc3)c(C)c2)C1c1ccco1. The molecule has 1 unspecified atom stereocenters. The molecule has 2 heterocycles. The van der Waals surface area contributed by atoms with Crippen LogP contribution in [0.3, 0.4) is 0 Å². The summed E-state index contributed by atoms with van der Waals surface area (Å²) < 4.78 is 17.0. The summed E-state index contributed by atoms with van der Waals surface area (Å²) >= 11 is 0. The van der Waals surface area contributed by atoms with Gasteiger partial charge in [0.25, 0.3) is 11.7 Å². The van der Waals surface area contributed by atoms with Gasteiger partial charge in [0.1, 0.15) is 35.7 Å². The molecule has 1 N–H and O–H groups in total. The Morgan fingerprint density at radius 3 is 2.42 bits per heavy atom. The van der Waals surface area contributed by atoms with Crippen LogP contribution in [-0.4, -0.2) is 28.8 Å². The van der Waals surface area contributed by atoms with E-state index in [2.05, 4.69) is 0 Å². The van der Waals surface area contributed by atoms with E-state index in [1.54, 1.807) is 43.5 Å². The number of ether oxygens (including phenoxy) is 2. The summed E-state index contributed by atoms with van der Waals surface area (Å²) in [6.07, 6.45) is 1.47. The number of amides is 1. The van der Waals surface area contributed by atoms with Crippen LogP contribution in [0, 0.1) is 6.92 Å². The summed E-state index contributed by atoms with van der Waals surface area (Å²) in [5, 5.41) is 11.4. The standard InChI is InChI=1S/C31H27NO6/c1-20-17-22(14-15-24(20)38-19-21-9-4-3-5-10-21)29(33)27-28(26-13-8-16-37-26)32(31(35)30(27)34)18-23-11-6-7-12-25(23)36-2/h3-17,28,33H,18-19H2,1-2H3/b29-27-. The van der Waals surface area contributed by atoms with Crippen molar-refractivity contribution in [2.45, 2.75) is 26.1 Å². The summed E-state index contributed by atoms with van der Waals surface area (Å²) in [7, 11) is 1.55. The van der Waals surface area contributed by atoms with Gasteiger partial charge in [-0.25, -0.2) is 0 Å². The van der Waals surface area contributed by atoms with Crippen LogP contribution in [0.4, 0.5) is 0 Å². The molecule has 0 aliphatic carbocycles. The average molecular weight is 510 g/mol. The molecule has 0 spiro atoms. The largest absolute Gasteiger partial charge is 0.507 e. The zero-order valence-corrected chi connectivity index (χ0v) is 21.1. The molecule has 0 radical (unpaired) electrons. The Morgan fingerprint density at radius 2 is 1.71 bits per heavy atom. The smallest absolute Gasteiger partial charge is 0.296 e. The Labute approximate surface area is 220 Å². The number of hydrogen-bond donors (Lipinski definition) is 1. The van der Waals surface area contributed by atoms with Gasteiger partial charge in [-0.2, -0.15) is 0 Å². The Kier molecular flexibility index (Phi) is 7.00. The first-order valence-corrected chi connectivity index (χ1v) is 12.2. The number of ketones is 1. The molecule has 1 atom stereocenters. The van der Waals surface area contributed by atoms with Crippen molar-refractivity contribution in [3.8, 4) is 11.5 Å². The van der Waals surface area contributed by atoms with Crippen molar-refractivity contribution in [3.63, 3.8) is 0 Å². The van der Waals surface area contributed by atoms with Gasteiger partial charge in [-0.05, 0) is 54.4 Å². The van der Waals surface area contributed by atoms with Crippen LogP contribution in [0.5, 0.6) is 11.5 Å². The van der Waals surface area contributed by atoms with E-state index >= 15 is 0 Å². The maximum absolute atomic E-state index is 13.3. The summed E-state index contributed by atoms with van der Waals surface area (Å²) in [6.45, 7) is 2.36. The number of carbonyl (C=O) groups excluding carboxylic acids is 2.